The Morgan fingerprint density at radius 2 is 1.04 bits per heavy atom. The molecule has 10 rings (SSSR count). The molecule has 508 valence electrons. The zero-order valence-electron chi connectivity index (χ0n) is 94.7. The largest absolute Gasteiger partial charge is 0.416 e. The van der Waals surface area contributed by atoms with Gasteiger partial charge in [0.05, 0.1) is 48.1 Å². The van der Waals surface area contributed by atoms with E-state index >= 15 is 9.59 Å². The summed E-state index contributed by atoms with van der Waals surface area (Å²) in [6.07, 6.45) is -17.4. The molecule has 2 amide bonds. The number of alkyl halides is 6. The number of hydrogen-bond donors (Lipinski definition) is 0. The summed E-state index contributed by atoms with van der Waals surface area (Å²) < 4.78 is 494. The van der Waals surface area contributed by atoms with E-state index in [1.54, 1.807) is 0 Å². The van der Waals surface area contributed by atoms with E-state index < -0.39 is 332 Å². The van der Waals surface area contributed by atoms with Gasteiger partial charge in [-0.3, -0.25) is 19.2 Å². The molecule has 0 fully saturated rings. The minimum Gasteiger partial charge on any atom is -0.336 e. The second-order valence-corrected chi connectivity index (χ2v) is 21.4. The number of carbonyl (C=O) groups is 2. The highest BCUT2D eigenvalue weighted by Gasteiger charge is 2.33. The van der Waals surface area contributed by atoms with Crippen LogP contribution in [0.5, 0.6) is 0 Å². The minimum absolute atomic E-state index is 0.0494. The van der Waals surface area contributed by atoms with Gasteiger partial charge in [-0.05, 0) is 169 Å². The Labute approximate surface area is 625 Å². The zero-order chi connectivity index (χ0) is 108. The number of carbonyl (C=O) groups excluding carboxylic acids is 2. The van der Waals surface area contributed by atoms with Gasteiger partial charge >= 0.3 is 12.4 Å². The fourth-order valence-electron chi connectivity index (χ4n) is 8.47. The van der Waals surface area contributed by atoms with Crippen molar-refractivity contribution in [3.63, 3.8) is 0 Å². The van der Waals surface area contributed by atoms with Gasteiger partial charge in [0.2, 0.25) is 11.8 Å². The van der Waals surface area contributed by atoms with Crippen LogP contribution in [-0.2, 0) is 85.0 Å². The first-order chi connectivity index (χ1) is 62.8. The normalized spacial score (nSPS) is 23.9. The lowest BCUT2D eigenvalue weighted by Crippen LogP contribution is -2.40. The first-order valence-electron chi connectivity index (χ1n) is 49.8. The van der Waals surface area contributed by atoms with Crippen LogP contribution in [0.15, 0.2) is 159 Å². The molecule has 0 spiro atoms. The summed E-state index contributed by atoms with van der Waals surface area (Å²) in [4.78, 5) is 63.0. The fourth-order valence-corrected chi connectivity index (χ4v) is 10.2. The minimum atomic E-state index is -5.46. The molecule has 0 radical (unpaired) electrons. The number of rotatable bonds is 26. The number of fused-ring (bicyclic) bond motifs is 2. The maximum Gasteiger partial charge on any atom is 0.416 e. The maximum atomic E-state index is 15.4. The Kier molecular flexibility index (Phi) is 11.7. The van der Waals surface area contributed by atoms with Crippen LogP contribution in [0.4, 0.5) is 35.1 Å². The van der Waals surface area contributed by atoms with E-state index in [1.165, 1.54) is 0 Å². The van der Waals surface area contributed by atoms with E-state index in [0.717, 1.165) is 55.5 Å². The number of likely N-dealkylation sites (N-methyl/N-ethyl adjacent to an activating group) is 2. The number of thioether (sulfide) groups is 2. The van der Waals surface area contributed by atoms with E-state index in [9.17, 15) is 61.2 Å². The van der Waals surface area contributed by atoms with Gasteiger partial charge in [0.15, 0.2) is 10.3 Å². The summed E-state index contributed by atoms with van der Waals surface area (Å²) in [5, 5.41) is -2.03. The summed E-state index contributed by atoms with van der Waals surface area (Å²) in [6, 6.07) is -11.6. The van der Waals surface area contributed by atoms with Crippen molar-refractivity contribution in [1.82, 2.24) is 38.7 Å². The van der Waals surface area contributed by atoms with Crippen LogP contribution in [0.1, 0.15) is 163 Å². The third kappa shape index (κ3) is 19.0. The van der Waals surface area contributed by atoms with E-state index in [4.69, 9.17) is 43.9 Å². The fraction of sp³-hybridized carbons (Fsp3) is 0.378. The number of benzene rings is 6. The summed E-state index contributed by atoms with van der Waals surface area (Å²) in [5.74, 6) is -13.0. The molecule has 12 nitrogen and oxygen atoms in total. The molecule has 2 heterocycles. The highest BCUT2D eigenvalue weighted by molar-refractivity contribution is 7.98. The monoisotopic (exact) mass is 1400 g/mol. The Morgan fingerprint density at radius 3 is 1.54 bits per heavy atom. The molecule has 0 saturated carbocycles. The Hall–Kier alpha value is -7.92. The molecule has 2 aliphatic carbocycles. The van der Waals surface area contributed by atoms with Crippen molar-refractivity contribution in [2.24, 2.45) is 5.89 Å². The summed E-state index contributed by atoms with van der Waals surface area (Å²) in [5.41, 5.74) is -15.6. The summed E-state index contributed by atoms with van der Waals surface area (Å²) in [6.45, 7) is -43.7. The van der Waals surface area contributed by atoms with E-state index in [2.05, 4.69) is 9.97 Å². The number of halogens is 8. The van der Waals surface area contributed by atoms with Gasteiger partial charge in [-0.1, -0.05) is 149 Å². The van der Waals surface area contributed by atoms with Crippen LogP contribution in [0, 0.1) is 24.5 Å². The standard InChI is InChI=1S/2C37H40F4N4O2S/c1-4-43(5-2)18-19-44(22-26-6-10-28(11-7-26)29-12-14-30(15-13-29)37(39,40)41)34(46)23-45-33-21-25(3)20-32(33)35(47)42-36(45)48-24-27-8-16-31(38)17-9-27;1-4-43(5-2)19-20-44(22-29-12-11-28(21-25(29)3)27-13-15-30(16-14-27)37(39,40)41)34(46)23-45-33-8-6-7-32(33)35(47)42-36(45)48-24-26-9-17-31(38)18-10-26/h6-17,25H,4-5,18-24H2,1-3H3;9-18,21H,4-8,19-20,22-24H2,1-3H3/i4D2,5D2,8D,9D,16D,17D,18D2,19D2,20D2,21D2,22D2,23D2,25D;4D2,5D2,9D,10D,11D,12D,13D,14D,15D,16D,17D,18D,19D2,20D2,21D,22D2,23D2. The topological polar surface area (TPSA) is 117 Å². The average molecular weight is 1410 g/mol. The van der Waals surface area contributed by atoms with Gasteiger partial charge in [-0.2, -0.15) is 36.3 Å². The lowest BCUT2D eigenvalue weighted by atomic mass is 9.98. The molecular formula is C74H80F8N8O4S2. The van der Waals surface area contributed by atoms with Crippen LogP contribution < -0.4 is 11.1 Å². The van der Waals surface area contributed by atoms with Crippen molar-refractivity contribution in [2.45, 2.75) is 134 Å². The van der Waals surface area contributed by atoms with Crippen molar-refractivity contribution in [3.8, 4) is 22.3 Å². The van der Waals surface area contributed by atoms with Crippen LogP contribution in [0.3, 0.4) is 0 Å². The lowest BCUT2D eigenvalue weighted by molar-refractivity contribution is -0.138. The van der Waals surface area contributed by atoms with Gasteiger partial charge in [-0.15, -0.1) is 0 Å². The maximum absolute atomic E-state index is 15.4. The van der Waals surface area contributed by atoms with E-state index in [1.807, 2.05) is 0 Å². The molecule has 2 aromatic heterocycles. The quantitative estimate of drug-likeness (QED) is 0.0295. The molecule has 0 aliphatic heterocycles. The molecule has 0 N–H and O–H groups in total. The van der Waals surface area contributed by atoms with E-state index in [0.29, 0.717) is 39.2 Å². The third-order valence-electron chi connectivity index (χ3n) is 13.1. The first kappa shape index (κ1) is 34.0. The predicted molar refractivity (Wildman–Crippen MR) is 362 cm³/mol. The van der Waals surface area contributed by atoms with Crippen molar-refractivity contribution in [1.29, 1.82) is 0 Å². The second kappa shape index (κ2) is 32.9. The summed E-state index contributed by atoms with van der Waals surface area (Å²) >= 11 is 0.324. The highest BCUT2D eigenvalue weighted by Crippen LogP contribution is 2.35. The highest BCUT2D eigenvalue weighted by atomic mass is 32.2. The Balaban J connectivity index is 0.000000313. The molecule has 1 atom stereocenters. The van der Waals surface area contributed by atoms with Gasteiger partial charge in [0.25, 0.3) is 11.1 Å². The van der Waals surface area contributed by atoms with Gasteiger partial charge in [-0.25, -0.2) is 8.78 Å². The Bertz CT molecular complexity index is 6300. The van der Waals surface area contributed by atoms with Gasteiger partial charge in [0, 0.05) is 96.3 Å². The van der Waals surface area contributed by atoms with Crippen LogP contribution >= 0.6 is 23.5 Å². The zero-order valence-corrected chi connectivity index (χ0v) is 52.3. The lowest BCUT2D eigenvalue weighted by Gasteiger charge is -2.28. The molecule has 8 aromatic rings. The van der Waals surface area contributed by atoms with Gasteiger partial charge in [0.1, 0.15) is 24.6 Å². The van der Waals surface area contributed by atoms with Crippen LogP contribution in [0.2, 0.25) is 0 Å². The molecule has 96 heavy (non-hydrogen) atoms. The van der Waals surface area contributed by atoms with Crippen molar-refractivity contribution < 1.29 is 105 Å². The predicted octanol–water partition coefficient (Wildman–Crippen LogP) is 15.0. The number of nitrogens with zero attached hydrogens (tertiary/aromatic N) is 8. The van der Waals surface area contributed by atoms with Gasteiger partial charge < -0.3 is 28.7 Å². The van der Waals surface area contributed by atoms with Crippen molar-refractivity contribution >= 4 is 35.3 Å². The molecular weight excluding hydrogens is 1280 g/mol. The average Bonchev–Trinajstić information content (AvgIpc) is 1.53. The SMILES string of the molecule is [2H]c1c([2H])c(CSc2nc(=O)c3c(n2C([2H])([2H])C(=O)N(C([2H])([2H])c2c([2H])c([2H])c(-c4c([2H])c([2H])c(C(F)(F)F)c([2H])c4[2H])c([2H])c2C)C([2H])([2H])C([2H])([2H])N(C([2H])([2H])C)C([2H])([2H])C)CCC3)c([2H])c([2H])c1F.[2H]c1c([2H])c(CSc2nc(=O)c3c(n2C([2H])([2H])C(=O)N(C([2H])([2H])c2ccc(-c4ccc(C(F)(F)F)cc4)cc2)C([2H])([2H])C([2H])([2H])N(C([2H])([2H])C)C([2H])([2H])C)C([2H])([2H])C([2H])(C)C3([2H])[2H])c([2H])c([2H])c1F. The molecule has 6 aromatic carbocycles. The first-order valence-corrected chi connectivity index (χ1v) is 29.8. The smallest absolute Gasteiger partial charge is 0.336 e. The molecule has 2 aliphatic rings. The van der Waals surface area contributed by atoms with E-state index in [-0.39, 0.29) is 74.6 Å². The third-order valence-corrected chi connectivity index (χ3v) is 15.0. The van der Waals surface area contributed by atoms with Crippen LogP contribution in [-0.4, -0.2) is 102 Å². The second-order valence-electron chi connectivity index (χ2n) is 19.5. The molecule has 1 unspecified atom stereocenters. The molecule has 0 bridgehead atoms. The summed E-state index contributed by atoms with van der Waals surface area (Å²) in [7, 11) is 0. The van der Waals surface area contributed by atoms with Crippen molar-refractivity contribution in [3.05, 3.63) is 233 Å². The van der Waals surface area contributed by atoms with Crippen LogP contribution in [0.25, 0.3) is 22.3 Å². The molecule has 0 saturated heterocycles. The number of hydrogen-bond acceptors (Lipinski definition) is 10. The van der Waals surface area contributed by atoms with Crippen molar-refractivity contribution in [2.75, 3.05) is 52.0 Å². The Morgan fingerprint density at radius 1 is 0.573 bits per heavy atom. The number of amides is 2. The molecule has 22 heteroatoms. The number of aromatic nitrogens is 4.